The van der Waals surface area contributed by atoms with Crippen LogP contribution in [-0.2, 0) is 0 Å². The number of hydrogen-bond acceptors (Lipinski definition) is 2. The smallest absolute Gasteiger partial charge is 0.170 e. The van der Waals surface area contributed by atoms with E-state index in [2.05, 4.69) is 94.6 Å². The van der Waals surface area contributed by atoms with Crippen LogP contribution in [0.3, 0.4) is 0 Å². The lowest BCUT2D eigenvalue weighted by Gasteiger charge is -2.54. The zero-order chi connectivity index (χ0) is 17.5. The minimum atomic E-state index is -1.81. The molecule has 0 unspecified atom stereocenters. The highest BCUT2D eigenvalue weighted by molar-refractivity contribution is 7.99. The van der Waals surface area contributed by atoms with Crippen molar-refractivity contribution in [1.29, 1.82) is 0 Å². The summed E-state index contributed by atoms with van der Waals surface area (Å²) in [5, 5.41) is 0. The SMILES string of the molecule is CC(C)[Si](C(C)C)(C(C)C)N1c2ccccc2Sc2ccccc21. The average Bonchev–Trinajstić information content (AvgIpc) is 2.53. The molecular weight excluding hydrogens is 326 g/mol. The fourth-order valence-corrected chi connectivity index (χ4v) is 12.9. The molecule has 0 N–H and O–H groups in total. The molecule has 0 amide bonds. The van der Waals surface area contributed by atoms with Crippen LogP contribution in [0.5, 0.6) is 0 Å². The molecule has 2 aromatic rings. The van der Waals surface area contributed by atoms with Gasteiger partial charge in [0.25, 0.3) is 0 Å². The van der Waals surface area contributed by atoms with Gasteiger partial charge in [0, 0.05) is 21.2 Å². The molecule has 1 heterocycles. The first-order valence-electron chi connectivity index (χ1n) is 9.06. The molecule has 0 fully saturated rings. The molecule has 0 spiro atoms. The van der Waals surface area contributed by atoms with E-state index in [9.17, 15) is 0 Å². The van der Waals surface area contributed by atoms with Crippen molar-refractivity contribution in [1.82, 2.24) is 0 Å². The first kappa shape index (κ1) is 17.6. The number of hydrogen-bond donors (Lipinski definition) is 0. The van der Waals surface area contributed by atoms with Crippen LogP contribution in [0.25, 0.3) is 0 Å². The molecule has 128 valence electrons. The Balaban J connectivity index is 2.33. The summed E-state index contributed by atoms with van der Waals surface area (Å²) in [5.41, 5.74) is 4.89. The highest BCUT2D eigenvalue weighted by atomic mass is 32.2. The minimum Gasteiger partial charge on any atom is -0.366 e. The molecule has 1 nitrogen and oxygen atoms in total. The Labute approximate surface area is 152 Å². The standard InChI is InChI=1S/C21H29NSSi/c1-15(2)24(16(3)4,17(5)6)22-18-11-7-9-13-20(18)23-21-14-10-8-12-19(21)22/h7-17H,1-6H3. The molecule has 0 bridgehead atoms. The van der Waals surface area contributed by atoms with E-state index >= 15 is 0 Å². The molecule has 0 atom stereocenters. The van der Waals surface area contributed by atoms with Crippen LogP contribution in [0.15, 0.2) is 58.3 Å². The quantitative estimate of drug-likeness (QED) is 0.523. The summed E-state index contributed by atoms with van der Waals surface area (Å²) in [5.74, 6) is 0. The number of para-hydroxylation sites is 2. The van der Waals surface area contributed by atoms with Gasteiger partial charge >= 0.3 is 0 Å². The van der Waals surface area contributed by atoms with Crippen molar-refractivity contribution >= 4 is 31.4 Å². The van der Waals surface area contributed by atoms with E-state index in [1.807, 2.05) is 11.8 Å². The van der Waals surface area contributed by atoms with Gasteiger partial charge in [-0.05, 0) is 40.9 Å². The number of rotatable bonds is 4. The molecule has 0 aromatic heterocycles. The van der Waals surface area contributed by atoms with Gasteiger partial charge in [0.15, 0.2) is 8.24 Å². The summed E-state index contributed by atoms with van der Waals surface area (Å²) in [6, 6.07) is 17.9. The van der Waals surface area contributed by atoms with Crippen LogP contribution < -0.4 is 4.57 Å². The Morgan fingerprint density at radius 3 is 1.42 bits per heavy atom. The molecule has 0 saturated carbocycles. The summed E-state index contributed by atoms with van der Waals surface area (Å²) in [7, 11) is -1.81. The zero-order valence-corrected chi connectivity index (χ0v) is 17.5. The van der Waals surface area contributed by atoms with Gasteiger partial charge in [0.2, 0.25) is 0 Å². The number of anilines is 2. The summed E-state index contributed by atoms with van der Waals surface area (Å²) in [4.78, 5) is 2.80. The Morgan fingerprint density at radius 1 is 0.667 bits per heavy atom. The van der Waals surface area contributed by atoms with Gasteiger partial charge in [-0.3, -0.25) is 0 Å². The van der Waals surface area contributed by atoms with Crippen LogP contribution in [-0.4, -0.2) is 8.24 Å². The Bertz CT molecular complexity index is 656. The third kappa shape index (κ3) is 2.53. The van der Waals surface area contributed by atoms with E-state index in [4.69, 9.17) is 0 Å². The van der Waals surface area contributed by atoms with E-state index in [0.29, 0.717) is 16.6 Å². The maximum atomic E-state index is 2.80. The van der Waals surface area contributed by atoms with Gasteiger partial charge in [-0.1, -0.05) is 77.6 Å². The fraction of sp³-hybridized carbons (Fsp3) is 0.429. The van der Waals surface area contributed by atoms with Crippen LogP contribution >= 0.6 is 11.8 Å². The lowest BCUT2D eigenvalue weighted by atomic mass is 10.2. The third-order valence-electron chi connectivity index (χ3n) is 5.59. The predicted molar refractivity (Wildman–Crippen MR) is 110 cm³/mol. The summed E-state index contributed by atoms with van der Waals surface area (Å²) < 4.78 is 2.80. The van der Waals surface area contributed by atoms with Gasteiger partial charge in [-0.25, -0.2) is 0 Å². The van der Waals surface area contributed by atoms with Gasteiger partial charge in [-0.15, -0.1) is 0 Å². The topological polar surface area (TPSA) is 3.24 Å². The van der Waals surface area contributed by atoms with Crippen molar-refractivity contribution in [2.75, 3.05) is 4.57 Å². The maximum absolute atomic E-state index is 2.80. The molecule has 1 aliphatic heterocycles. The second kappa shape index (κ2) is 6.60. The second-order valence-electron chi connectivity index (χ2n) is 7.72. The molecule has 2 aromatic carbocycles. The maximum Gasteiger partial charge on any atom is 0.170 e. The van der Waals surface area contributed by atoms with Crippen LogP contribution in [0.4, 0.5) is 11.4 Å². The van der Waals surface area contributed by atoms with Crippen molar-refractivity contribution < 1.29 is 0 Å². The van der Waals surface area contributed by atoms with E-state index < -0.39 is 8.24 Å². The first-order valence-corrected chi connectivity index (χ1v) is 12.1. The van der Waals surface area contributed by atoms with Gasteiger partial charge in [-0.2, -0.15) is 0 Å². The molecule has 3 rings (SSSR count). The number of benzene rings is 2. The highest BCUT2D eigenvalue weighted by Crippen LogP contribution is 2.56. The van der Waals surface area contributed by atoms with Crippen LogP contribution in [0, 0.1) is 0 Å². The Hall–Kier alpha value is -1.19. The van der Waals surface area contributed by atoms with Gasteiger partial charge in [0.05, 0.1) is 0 Å². The first-order chi connectivity index (χ1) is 11.4. The Morgan fingerprint density at radius 2 is 1.04 bits per heavy atom. The summed E-state index contributed by atoms with van der Waals surface area (Å²) in [6.45, 7) is 14.7. The van der Waals surface area contributed by atoms with E-state index in [1.165, 1.54) is 21.2 Å². The summed E-state index contributed by atoms with van der Waals surface area (Å²) in [6.07, 6.45) is 0. The monoisotopic (exact) mass is 355 g/mol. The molecule has 0 radical (unpaired) electrons. The average molecular weight is 356 g/mol. The normalized spacial score (nSPS) is 14.3. The summed E-state index contributed by atoms with van der Waals surface area (Å²) >= 11 is 1.92. The molecular formula is C21H29NSSi. The molecule has 24 heavy (non-hydrogen) atoms. The number of fused-ring (bicyclic) bond motifs is 2. The largest absolute Gasteiger partial charge is 0.366 e. The minimum absolute atomic E-state index is 0.682. The fourth-order valence-electron chi connectivity index (χ4n) is 4.90. The van der Waals surface area contributed by atoms with E-state index in [0.717, 1.165) is 0 Å². The number of nitrogens with zero attached hydrogens (tertiary/aromatic N) is 1. The van der Waals surface area contributed by atoms with Crippen LogP contribution in [0.2, 0.25) is 16.6 Å². The van der Waals surface area contributed by atoms with Crippen LogP contribution in [0.1, 0.15) is 41.5 Å². The molecule has 3 heteroatoms. The van der Waals surface area contributed by atoms with E-state index in [1.54, 1.807) is 0 Å². The Kier molecular flexibility index (Phi) is 4.85. The van der Waals surface area contributed by atoms with Crippen molar-refractivity contribution in [3.05, 3.63) is 48.5 Å². The highest BCUT2D eigenvalue weighted by Gasteiger charge is 2.51. The molecule has 1 aliphatic rings. The lowest BCUT2D eigenvalue weighted by molar-refractivity contribution is 0.797. The van der Waals surface area contributed by atoms with Crippen molar-refractivity contribution in [2.24, 2.45) is 0 Å². The third-order valence-corrected chi connectivity index (χ3v) is 13.5. The van der Waals surface area contributed by atoms with Crippen molar-refractivity contribution in [3.8, 4) is 0 Å². The van der Waals surface area contributed by atoms with Gasteiger partial charge < -0.3 is 4.57 Å². The lowest BCUT2D eigenvalue weighted by Crippen LogP contribution is -2.59. The van der Waals surface area contributed by atoms with Crippen molar-refractivity contribution in [2.45, 2.75) is 68.0 Å². The predicted octanol–water partition coefficient (Wildman–Crippen LogP) is 7.46. The molecule has 0 aliphatic carbocycles. The van der Waals surface area contributed by atoms with E-state index in [-0.39, 0.29) is 0 Å². The van der Waals surface area contributed by atoms with Gasteiger partial charge in [0.1, 0.15) is 0 Å². The van der Waals surface area contributed by atoms with Crippen molar-refractivity contribution in [3.63, 3.8) is 0 Å². The second-order valence-corrected chi connectivity index (χ2v) is 14.5. The molecule has 0 saturated heterocycles. The zero-order valence-electron chi connectivity index (χ0n) is 15.7.